The Labute approximate surface area is 157 Å². The van der Waals surface area contributed by atoms with Gasteiger partial charge in [-0.25, -0.2) is 4.98 Å². The first-order valence-corrected chi connectivity index (χ1v) is 9.25. The van der Waals surface area contributed by atoms with E-state index in [-0.39, 0.29) is 12.5 Å². The van der Waals surface area contributed by atoms with E-state index in [0.717, 1.165) is 15.8 Å². The molecule has 0 bridgehead atoms. The van der Waals surface area contributed by atoms with E-state index in [9.17, 15) is 4.79 Å². The summed E-state index contributed by atoms with van der Waals surface area (Å²) in [5.41, 5.74) is 3.22. The predicted octanol–water partition coefficient (Wildman–Crippen LogP) is 3.97. The van der Waals surface area contributed by atoms with E-state index in [1.165, 1.54) is 16.9 Å². The van der Waals surface area contributed by atoms with Gasteiger partial charge in [0, 0.05) is 7.11 Å². The number of amides is 1. The monoisotopic (exact) mass is 370 g/mol. The molecule has 0 aliphatic heterocycles. The standard InChI is InChI=1S/C20H22N2O3S/c1-14-8-9-16(12-15(14)2)25-13-19(23)22(10-11-24-3)20-21-17-6-4-5-7-18(17)26-20/h4-9,12H,10-11,13H2,1-3H3. The minimum atomic E-state index is -0.140. The molecular formula is C20H22N2O3S. The zero-order chi connectivity index (χ0) is 18.5. The van der Waals surface area contributed by atoms with Gasteiger partial charge in [0.05, 0.1) is 23.4 Å². The first-order valence-electron chi connectivity index (χ1n) is 8.43. The summed E-state index contributed by atoms with van der Waals surface area (Å²) in [5, 5.41) is 0.664. The normalized spacial score (nSPS) is 10.9. The largest absolute Gasteiger partial charge is 0.484 e. The fraction of sp³-hybridized carbons (Fsp3) is 0.300. The van der Waals surface area contributed by atoms with Crippen LogP contribution in [0.3, 0.4) is 0 Å². The van der Waals surface area contributed by atoms with E-state index in [4.69, 9.17) is 9.47 Å². The number of carbonyl (C=O) groups excluding carboxylic acids is 1. The van der Waals surface area contributed by atoms with Crippen LogP contribution in [0, 0.1) is 13.8 Å². The maximum absolute atomic E-state index is 12.8. The van der Waals surface area contributed by atoms with Gasteiger partial charge < -0.3 is 9.47 Å². The summed E-state index contributed by atoms with van der Waals surface area (Å²) in [6, 6.07) is 13.7. The molecule has 1 amide bonds. The van der Waals surface area contributed by atoms with Gasteiger partial charge in [-0.2, -0.15) is 0 Å². The third-order valence-electron chi connectivity index (χ3n) is 4.17. The van der Waals surface area contributed by atoms with Gasteiger partial charge in [0.15, 0.2) is 11.7 Å². The number of rotatable bonds is 7. The maximum Gasteiger partial charge on any atom is 0.266 e. The highest BCUT2D eigenvalue weighted by atomic mass is 32.1. The molecule has 0 atom stereocenters. The molecule has 1 aromatic heterocycles. The van der Waals surface area contributed by atoms with Crippen LogP contribution in [0.15, 0.2) is 42.5 Å². The number of hydrogen-bond donors (Lipinski definition) is 0. The van der Waals surface area contributed by atoms with Crippen molar-refractivity contribution in [3.8, 4) is 5.75 Å². The SMILES string of the molecule is COCCN(C(=O)COc1ccc(C)c(C)c1)c1nc2ccccc2s1. The molecule has 26 heavy (non-hydrogen) atoms. The van der Waals surface area contributed by atoms with Crippen LogP contribution in [-0.4, -0.2) is 37.8 Å². The second kappa shape index (κ2) is 8.29. The summed E-state index contributed by atoms with van der Waals surface area (Å²) in [6.07, 6.45) is 0. The van der Waals surface area contributed by atoms with E-state index >= 15 is 0 Å². The topological polar surface area (TPSA) is 51.7 Å². The van der Waals surface area contributed by atoms with Gasteiger partial charge in [-0.1, -0.05) is 29.5 Å². The number of hydrogen-bond acceptors (Lipinski definition) is 5. The predicted molar refractivity (Wildman–Crippen MR) is 105 cm³/mol. The molecule has 0 aliphatic rings. The minimum Gasteiger partial charge on any atom is -0.484 e. The molecule has 2 aromatic carbocycles. The summed E-state index contributed by atoms with van der Waals surface area (Å²) in [4.78, 5) is 19.0. The first kappa shape index (κ1) is 18.4. The lowest BCUT2D eigenvalue weighted by molar-refractivity contribution is -0.120. The Morgan fingerprint density at radius 3 is 2.69 bits per heavy atom. The van der Waals surface area contributed by atoms with Crippen molar-refractivity contribution in [2.75, 3.05) is 31.8 Å². The molecule has 3 aromatic rings. The lowest BCUT2D eigenvalue weighted by atomic mass is 10.1. The van der Waals surface area contributed by atoms with Crippen molar-refractivity contribution in [1.29, 1.82) is 0 Å². The third-order valence-corrected chi connectivity index (χ3v) is 5.23. The summed E-state index contributed by atoms with van der Waals surface area (Å²) in [7, 11) is 1.62. The van der Waals surface area contributed by atoms with Crippen LogP contribution in [0.1, 0.15) is 11.1 Å². The Kier molecular flexibility index (Phi) is 5.85. The second-order valence-electron chi connectivity index (χ2n) is 6.04. The molecule has 0 saturated carbocycles. The van der Waals surface area contributed by atoms with E-state index in [0.29, 0.717) is 24.0 Å². The van der Waals surface area contributed by atoms with E-state index in [2.05, 4.69) is 4.98 Å². The van der Waals surface area contributed by atoms with Crippen LogP contribution in [0.25, 0.3) is 10.2 Å². The van der Waals surface area contributed by atoms with Crippen molar-refractivity contribution < 1.29 is 14.3 Å². The number of benzene rings is 2. The van der Waals surface area contributed by atoms with Crippen LogP contribution >= 0.6 is 11.3 Å². The molecule has 6 heteroatoms. The quantitative estimate of drug-likeness (QED) is 0.631. The maximum atomic E-state index is 12.8. The summed E-state index contributed by atoms with van der Waals surface area (Å²) in [6.45, 7) is 4.90. The summed E-state index contributed by atoms with van der Waals surface area (Å²) in [5.74, 6) is 0.553. The van der Waals surface area contributed by atoms with E-state index in [1.54, 1.807) is 12.0 Å². The Morgan fingerprint density at radius 2 is 1.96 bits per heavy atom. The number of anilines is 1. The van der Waals surface area contributed by atoms with Crippen molar-refractivity contribution in [1.82, 2.24) is 4.98 Å². The van der Waals surface area contributed by atoms with Crippen LogP contribution in [0.4, 0.5) is 5.13 Å². The third kappa shape index (κ3) is 4.20. The molecule has 1 heterocycles. The van der Waals surface area contributed by atoms with E-state index in [1.807, 2.05) is 56.3 Å². The number of nitrogens with zero attached hydrogens (tertiary/aromatic N) is 2. The number of thiazole rings is 1. The summed E-state index contributed by atoms with van der Waals surface area (Å²) >= 11 is 1.49. The van der Waals surface area contributed by atoms with Gasteiger partial charge in [0.1, 0.15) is 5.75 Å². The lowest BCUT2D eigenvalue weighted by Crippen LogP contribution is -2.37. The Morgan fingerprint density at radius 1 is 1.15 bits per heavy atom. The smallest absolute Gasteiger partial charge is 0.266 e. The number of fused-ring (bicyclic) bond motifs is 1. The number of ether oxygens (including phenoxy) is 2. The van der Waals surface area contributed by atoms with Gasteiger partial charge in [-0.05, 0) is 49.2 Å². The molecular weight excluding hydrogens is 348 g/mol. The molecule has 0 aliphatic carbocycles. The molecule has 0 spiro atoms. The van der Waals surface area contributed by atoms with Gasteiger partial charge in [-0.3, -0.25) is 9.69 Å². The van der Waals surface area contributed by atoms with Gasteiger partial charge in [0.25, 0.3) is 5.91 Å². The Bertz CT molecular complexity index is 874. The molecule has 3 rings (SSSR count). The molecule has 5 nitrogen and oxygen atoms in total. The van der Waals surface area contributed by atoms with Gasteiger partial charge in [0.2, 0.25) is 0 Å². The van der Waals surface area contributed by atoms with Crippen molar-refractivity contribution in [2.24, 2.45) is 0 Å². The van der Waals surface area contributed by atoms with Gasteiger partial charge >= 0.3 is 0 Å². The van der Waals surface area contributed by atoms with Crippen molar-refractivity contribution >= 4 is 32.6 Å². The first-order chi connectivity index (χ1) is 12.6. The Balaban J connectivity index is 1.75. The number of aryl methyl sites for hydroxylation is 2. The molecule has 0 unspecified atom stereocenters. The zero-order valence-electron chi connectivity index (χ0n) is 15.2. The number of methoxy groups -OCH3 is 1. The average Bonchev–Trinajstić information content (AvgIpc) is 3.06. The average molecular weight is 370 g/mol. The molecule has 0 radical (unpaired) electrons. The van der Waals surface area contributed by atoms with Crippen LogP contribution < -0.4 is 9.64 Å². The van der Waals surface area contributed by atoms with Crippen LogP contribution in [0.5, 0.6) is 5.75 Å². The van der Waals surface area contributed by atoms with Crippen molar-refractivity contribution in [3.05, 3.63) is 53.6 Å². The molecule has 0 N–H and O–H groups in total. The highest BCUT2D eigenvalue weighted by molar-refractivity contribution is 7.22. The highest BCUT2D eigenvalue weighted by Crippen LogP contribution is 2.28. The van der Waals surface area contributed by atoms with E-state index < -0.39 is 0 Å². The number of aromatic nitrogens is 1. The second-order valence-corrected chi connectivity index (χ2v) is 7.05. The lowest BCUT2D eigenvalue weighted by Gasteiger charge is -2.19. The minimum absolute atomic E-state index is 0.0395. The molecule has 136 valence electrons. The molecule has 0 fully saturated rings. The van der Waals surface area contributed by atoms with Crippen LogP contribution in [0.2, 0.25) is 0 Å². The van der Waals surface area contributed by atoms with Crippen LogP contribution in [-0.2, 0) is 9.53 Å². The fourth-order valence-electron chi connectivity index (χ4n) is 2.51. The van der Waals surface area contributed by atoms with Crippen molar-refractivity contribution in [3.63, 3.8) is 0 Å². The van der Waals surface area contributed by atoms with Gasteiger partial charge in [-0.15, -0.1) is 0 Å². The summed E-state index contributed by atoms with van der Waals surface area (Å²) < 4.78 is 11.9. The van der Waals surface area contributed by atoms with Crippen molar-refractivity contribution in [2.45, 2.75) is 13.8 Å². The Hall–Kier alpha value is -2.44. The number of para-hydroxylation sites is 1. The number of carbonyl (C=O) groups is 1. The fourth-order valence-corrected chi connectivity index (χ4v) is 3.52. The highest BCUT2D eigenvalue weighted by Gasteiger charge is 2.20. The zero-order valence-corrected chi connectivity index (χ0v) is 16.0. The molecule has 0 saturated heterocycles.